The van der Waals surface area contributed by atoms with E-state index in [9.17, 15) is 0 Å². The molecule has 4 N–H and O–H groups in total. The van der Waals surface area contributed by atoms with Crippen LogP contribution in [0.2, 0.25) is 0 Å². The fraction of sp³-hybridized carbons (Fsp3) is 0.250. The molecule has 0 spiro atoms. The summed E-state index contributed by atoms with van der Waals surface area (Å²) in [5.74, 6) is 1.49. The Labute approximate surface area is 157 Å². The van der Waals surface area contributed by atoms with Crippen LogP contribution in [0.1, 0.15) is 23.2 Å². The molecule has 2 rings (SSSR count). The van der Waals surface area contributed by atoms with E-state index >= 15 is 0 Å². The first-order chi connectivity index (χ1) is 10.5. The zero-order chi connectivity index (χ0) is 16.3. The predicted molar refractivity (Wildman–Crippen MR) is 105 cm³/mol. The minimum absolute atomic E-state index is 0.392. The van der Waals surface area contributed by atoms with Gasteiger partial charge in [0, 0.05) is 18.3 Å². The summed E-state index contributed by atoms with van der Waals surface area (Å²) in [6.45, 7) is 0. The van der Waals surface area contributed by atoms with Crippen LogP contribution < -0.4 is 20.9 Å². The van der Waals surface area contributed by atoms with Crippen molar-refractivity contribution < 1.29 is 9.47 Å². The van der Waals surface area contributed by atoms with E-state index < -0.39 is 12.1 Å². The second kappa shape index (κ2) is 7.80. The van der Waals surface area contributed by atoms with Crippen molar-refractivity contribution >= 4 is 45.2 Å². The average molecular weight is 524 g/mol. The number of ether oxygens (including phenoxy) is 2. The van der Waals surface area contributed by atoms with Crippen molar-refractivity contribution in [3.63, 3.8) is 0 Å². The number of benzene rings is 2. The lowest BCUT2D eigenvalue weighted by Gasteiger charge is -2.24. The van der Waals surface area contributed by atoms with Gasteiger partial charge >= 0.3 is 0 Å². The van der Waals surface area contributed by atoms with Gasteiger partial charge in [-0.2, -0.15) is 0 Å². The topological polar surface area (TPSA) is 70.5 Å². The van der Waals surface area contributed by atoms with Crippen LogP contribution in [-0.4, -0.2) is 14.2 Å². The molecule has 0 fully saturated rings. The lowest BCUT2D eigenvalue weighted by molar-refractivity contribution is 0.391. The van der Waals surface area contributed by atoms with Gasteiger partial charge in [0.15, 0.2) is 0 Å². The summed E-state index contributed by atoms with van der Waals surface area (Å²) in [6, 6.07) is 11.0. The van der Waals surface area contributed by atoms with Crippen molar-refractivity contribution in [2.45, 2.75) is 12.1 Å². The number of halogens is 2. The molecule has 0 aromatic heterocycles. The number of hydrogen-bond donors (Lipinski definition) is 2. The standard InChI is InChI=1S/C16H18I2N2O2/c1-21-13-5-3-9(17)7-11(13)15(19)16(20)12-8-10(18)4-6-14(12)22-2/h3-8,15-16H,19-20H2,1-2H3. The van der Waals surface area contributed by atoms with Crippen LogP contribution in [0.3, 0.4) is 0 Å². The molecule has 0 saturated heterocycles. The number of rotatable bonds is 5. The molecule has 0 radical (unpaired) electrons. The van der Waals surface area contributed by atoms with Crippen molar-refractivity contribution in [2.24, 2.45) is 11.5 Å². The summed E-state index contributed by atoms with van der Waals surface area (Å²) in [6.07, 6.45) is 0. The molecule has 2 unspecified atom stereocenters. The van der Waals surface area contributed by atoms with Gasteiger partial charge in [-0.15, -0.1) is 0 Å². The van der Waals surface area contributed by atoms with E-state index in [1.165, 1.54) is 0 Å². The molecule has 0 amide bonds. The third kappa shape index (κ3) is 3.84. The quantitative estimate of drug-likeness (QED) is 0.587. The molecule has 4 nitrogen and oxygen atoms in total. The van der Waals surface area contributed by atoms with Crippen LogP contribution in [0.4, 0.5) is 0 Å². The molecule has 0 aliphatic heterocycles. The van der Waals surface area contributed by atoms with E-state index in [0.29, 0.717) is 0 Å². The van der Waals surface area contributed by atoms with Gasteiger partial charge in [-0.1, -0.05) is 0 Å². The molecular formula is C16H18I2N2O2. The Hall–Kier alpha value is -0.580. The van der Waals surface area contributed by atoms with Gasteiger partial charge in [0.05, 0.1) is 26.3 Å². The molecule has 0 aliphatic rings. The highest BCUT2D eigenvalue weighted by molar-refractivity contribution is 14.1. The van der Waals surface area contributed by atoms with Gasteiger partial charge in [-0.25, -0.2) is 0 Å². The average Bonchev–Trinajstić information content (AvgIpc) is 2.53. The molecule has 118 valence electrons. The van der Waals surface area contributed by atoms with Crippen LogP contribution in [0.15, 0.2) is 36.4 Å². The van der Waals surface area contributed by atoms with Gasteiger partial charge in [0.2, 0.25) is 0 Å². The largest absolute Gasteiger partial charge is 0.496 e. The molecule has 2 aromatic carbocycles. The van der Waals surface area contributed by atoms with Crippen molar-refractivity contribution in [1.82, 2.24) is 0 Å². The highest BCUT2D eigenvalue weighted by Crippen LogP contribution is 2.36. The van der Waals surface area contributed by atoms with Crippen LogP contribution in [0, 0.1) is 7.14 Å². The first-order valence-corrected chi connectivity index (χ1v) is 8.81. The van der Waals surface area contributed by atoms with E-state index in [1.807, 2.05) is 36.4 Å². The highest BCUT2D eigenvalue weighted by atomic mass is 127. The van der Waals surface area contributed by atoms with E-state index in [2.05, 4.69) is 45.2 Å². The van der Waals surface area contributed by atoms with Crippen molar-refractivity contribution in [1.29, 1.82) is 0 Å². The molecule has 0 aliphatic carbocycles. The van der Waals surface area contributed by atoms with Gasteiger partial charge in [-0.3, -0.25) is 0 Å². The Morgan fingerprint density at radius 1 is 0.773 bits per heavy atom. The lowest BCUT2D eigenvalue weighted by atomic mass is 9.93. The normalized spacial score (nSPS) is 13.5. The van der Waals surface area contributed by atoms with Crippen LogP contribution in [0.25, 0.3) is 0 Å². The first-order valence-electron chi connectivity index (χ1n) is 6.66. The van der Waals surface area contributed by atoms with Crippen LogP contribution in [-0.2, 0) is 0 Å². The zero-order valence-corrected chi connectivity index (χ0v) is 16.7. The number of methoxy groups -OCH3 is 2. The monoisotopic (exact) mass is 524 g/mol. The lowest BCUT2D eigenvalue weighted by Crippen LogP contribution is -2.27. The van der Waals surface area contributed by atoms with Crippen molar-refractivity contribution in [3.05, 3.63) is 54.7 Å². The maximum absolute atomic E-state index is 6.42. The van der Waals surface area contributed by atoms with Gasteiger partial charge < -0.3 is 20.9 Å². The molecule has 6 heteroatoms. The Balaban J connectivity index is 2.43. The Bertz CT molecular complexity index is 607. The molecule has 0 saturated carbocycles. The van der Waals surface area contributed by atoms with E-state index in [1.54, 1.807) is 14.2 Å². The van der Waals surface area contributed by atoms with E-state index in [-0.39, 0.29) is 0 Å². The summed E-state index contributed by atoms with van der Waals surface area (Å²) in [7, 11) is 3.27. The first kappa shape index (κ1) is 17.8. The molecule has 0 heterocycles. The zero-order valence-electron chi connectivity index (χ0n) is 12.3. The molecule has 2 atom stereocenters. The minimum Gasteiger partial charge on any atom is -0.496 e. The van der Waals surface area contributed by atoms with Gasteiger partial charge in [0.25, 0.3) is 0 Å². The number of hydrogen-bond acceptors (Lipinski definition) is 4. The fourth-order valence-corrected chi connectivity index (χ4v) is 3.35. The van der Waals surface area contributed by atoms with Crippen LogP contribution in [0.5, 0.6) is 11.5 Å². The third-order valence-electron chi connectivity index (χ3n) is 3.49. The van der Waals surface area contributed by atoms with E-state index in [0.717, 1.165) is 29.8 Å². The van der Waals surface area contributed by atoms with E-state index in [4.69, 9.17) is 20.9 Å². The van der Waals surface area contributed by atoms with Crippen molar-refractivity contribution in [2.75, 3.05) is 14.2 Å². The Kier molecular flexibility index (Phi) is 6.30. The molecule has 2 aromatic rings. The molecular weight excluding hydrogens is 506 g/mol. The smallest absolute Gasteiger partial charge is 0.123 e. The Morgan fingerprint density at radius 3 is 1.45 bits per heavy atom. The summed E-state index contributed by atoms with van der Waals surface area (Å²) in [5.41, 5.74) is 14.6. The number of nitrogens with two attached hydrogens (primary N) is 2. The highest BCUT2D eigenvalue weighted by Gasteiger charge is 2.23. The fourth-order valence-electron chi connectivity index (χ4n) is 2.32. The van der Waals surface area contributed by atoms with Crippen LogP contribution >= 0.6 is 45.2 Å². The predicted octanol–water partition coefficient (Wildman–Crippen LogP) is 3.61. The third-order valence-corrected chi connectivity index (χ3v) is 4.83. The minimum atomic E-state index is -0.392. The second-order valence-corrected chi connectivity index (χ2v) is 7.32. The Morgan fingerprint density at radius 2 is 1.14 bits per heavy atom. The SMILES string of the molecule is COc1ccc(I)cc1C(N)C(N)c1cc(I)ccc1OC. The molecule has 0 bridgehead atoms. The van der Waals surface area contributed by atoms with Crippen molar-refractivity contribution in [3.8, 4) is 11.5 Å². The summed E-state index contributed by atoms with van der Waals surface area (Å²) >= 11 is 4.50. The van der Waals surface area contributed by atoms with Gasteiger partial charge in [-0.05, 0) is 81.6 Å². The maximum Gasteiger partial charge on any atom is 0.123 e. The summed E-state index contributed by atoms with van der Waals surface area (Å²) in [4.78, 5) is 0. The molecule has 22 heavy (non-hydrogen) atoms. The summed E-state index contributed by atoms with van der Waals surface area (Å²) in [5, 5.41) is 0. The second-order valence-electron chi connectivity index (χ2n) is 4.82. The van der Waals surface area contributed by atoms with Gasteiger partial charge in [0.1, 0.15) is 11.5 Å². The summed E-state index contributed by atoms with van der Waals surface area (Å²) < 4.78 is 13.0. The maximum atomic E-state index is 6.42.